The van der Waals surface area contributed by atoms with E-state index in [1.807, 2.05) is 34.9 Å². The van der Waals surface area contributed by atoms with Crippen LogP contribution in [0.25, 0.3) is 28.1 Å². The van der Waals surface area contributed by atoms with Gasteiger partial charge in [0.05, 0.1) is 29.5 Å². The largest absolute Gasteiger partial charge is 0.285 e. The zero-order valence-electron chi connectivity index (χ0n) is 14.5. The monoisotopic (exact) mass is 380 g/mol. The molecule has 0 saturated heterocycles. The lowest BCUT2D eigenvalue weighted by molar-refractivity contribution is 0.598. The van der Waals surface area contributed by atoms with Gasteiger partial charge in [-0.1, -0.05) is 6.07 Å². The molecule has 0 amide bonds. The number of anilines is 1. The first-order valence-corrected chi connectivity index (χ1v) is 10.3. The van der Waals surface area contributed by atoms with Gasteiger partial charge in [0.25, 0.3) is 0 Å². The van der Waals surface area contributed by atoms with Gasteiger partial charge in [-0.15, -0.1) is 0 Å². The fourth-order valence-corrected chi connectivity index (χ4v) is 4.42. The number of aromatic amines is 1. The molecular weight excluding hydrogens is 364 g/mol. The molecule has 1 aromatic carbocycles. The highest BCUT2D eigenvalue weighted by Crippen LogP contribution is 2.33. The minimum Gasteiger partial charge on any atom is -0.285 e. The van der Waals surface area contributed by atoms with Gasteiger partial charge in [0.2, 0.25) is 10.0 Å². The number of nitrogens with one attached hydrogen (secondary N) is 1. The summed E-state index contributed by atoms with van der Waals surface area (Å²) in [6.07, 6.45) is 7.16. The Morgan fingerprint density at radius 3 is 2.85 bits per heavy atom. The highest BCUT2D eigenvalue weighted by molar-refractivity contribution is 7.92. The van der Waals surface area contributed by atoms with E-state index >= 15 is 0 Å². The maximum absolute atomic E-state index is 12.1. The van der Waals surface area contributed by atoms with Crippen LogP contribution in [0.15, 0.2) is 49.1 Å². The molecule has 27 heavy (non-hydrogen) atoms. The first-order chi connectivity index (χ1) is 13.0. The van der Waals surface area contributed by atoms with Crippen LogP contribution in [-0.2, 0) is 16.4 Å². The zero-order valence-corrected chi connectivity index (χ0v) is 15.3. The van der Waals surface area contributed by atoms with Crippen LogP contribution in [-0.4, -0.2) is 46.0 Å². The van der Waals surface area contributed by atoms with Crippen molar-refractivity contribution >= 4 is 26.9 Å². The second kappa shape index (κ2) is 5.65. The SMILES string of the molecule is CS(=O)(=O)N1CCc2ccc(-n3cnc4ccc(-c5cn[nH]c5)nc43)cc21. The predicted octanol–water partition coefficient (Wildman–Crippen LogP) is 2.13. The zero-order chi connectivity index (χ0) is 18.6. The minimum atomic E-state index is -3.30. The van der Waals surface area contributed by atoms with E-state index in [-0.39, 0.29) is 0 Å². The van der Waals surface area contributed by atoms with Crippen molar-refractivity contribution < 1.29 is 8.42 Å². The summed E-state index contributed by atoms with van der Waals surface area (Å²) in [5.41, 5.74) is 5.73. The molecule has 0 unspecified atom stereocenters. The standard InChI is InChI=1S/C18H16N6O2S/c1-27(25,26)24-7-6-12-2-3-14(8-17(12)24)23-11-19-16-5-4-15(22-18(16)23)13-9-20-21-10-13/h2-5,8-11H,6-7H2,1H3,(H,20,21). The number of benzene rings is 1. The van der Waals surface area contributed by atoms with Gasteiger partial charge in [0.1, 0.15) is 11.8 Å². The van der Waals surface area contributed by atoms with Crippen molar-refractivity contribution in [1.82, 2.24) is 24.7 Å². The van der Waals surface area contributed by atoms with E-state index in [2.05, 4.69) is 15.2 Å². The Balaban J connectivity index is 1.65. The van der Waals surface area contributed by atoms with E-state index in [9.17, 15) is 8.42 Å². The predicted molar refractivity (Wildman–Crippen MR) is 102 cm³/mol. The number of hydrogen-bond donors (Lipinski definition) is 1. The molecule has 4 aromatic rings. The van der Waals surface area contributed by atoms with Crippen LogP contribution in [0.3, 0.4) is 0 Å². The molecule has 3 aromatic heterocycles. The Morgan fingerprint density at radius 2 is 2.07 bits per heavy atom. The van der Waals surface area contributed by atoms with Crippen molar-refractivity contribution in [1.29, 1.82) is 0 Å². The highest BCUT2D eigenvalue weighted by atomic mass is 32.2. The van der Waals surface area contributed by atoms with Crippen LogP contribution in [0.4, 0.5) is 5.69 Å². The molecule has 8 nitrogen and oxygen atoms in total. The van der Waals surface area contributed by atoms with Crippen molar-refractivity contribution in [2.24, 2.45) is 0 Å². The van der Waals surface area contributed by atoms with E-state index in [4.69, 9.17) is 4.98 Å². The van der Waals surface area contributed by atoms with Crippen molar-refractivity contribution in [3.05, 3.63) is 54.6 Å². The lowest BCUT2D eigenvalue weighted by Crippen LogP contribution is -2.27. The number of sulfonamides is 1. The molecule has 0 saturated carbocycles. The topological polar surface area (TPSA) is 96.8 Å². The molecule has 0 bridgehead atoms. The summed E-state index contributed by atoms with van der Waals surface area (Å²) < 4.78 is 27.5. The summed E-state index contributed by atoms with van der Waals surface area (Å²) in [5, 5.41) is 6.76. The number of imidazole rings is 1. The van der Waals surface area contributed by atoms with E-state index < -0.39 is 10.0 Å². The van der Waals surface area contributed by atoms with Gasteiger partial charge in [0, 0.05) is 18.3 Å². The Morgan fingerprint density at radius 1 is 1.19 bits per heavy atom. The Hall–Kier alpha value is -3.20. The van der Waals surface area contributed by atoms with Crippen molar-refractivity contribution in [2.75, 3.05) is 17.1 Å². The smallest absolute Gasteiger partial charge is 0.232 e. The van der Waals surface area contributed by atoms with E-state index in [0.717, 1.165) is 40.1 Å². The fourth-order valence-electron chi connectivity index (χ4n) is 3.47. The summed E-state index contributed by atoms with van der Waals surface area (Å²) in [5.74, 6) is 0. The Bertz CT molecular complexity index is 1260. The van der Waals surface area contributed by atoms with Crippen LogP contribution in [0.1, 0.15) is 5.56 Å². The highest BCUT2D eigenvalue weighted by Gasteiger charge is 2.26. The quantitative estimate of drug-likeness (QED) is 0.587. The number of nitrogens with zero attached hydrogens (tertiary/aromatic N) is 5. The number of H-pyrrole nitrogens is 1. The molecule has 1 aliphatic rings. The van der Waals surface area contributed by atoms with Crippen molar-refractivity contribution in [3.63, 3.8) is 0 Å². The summed E-state index contributed by atoms with van der Waals surface area (Å²) in [6, 6.07) is 9.65. The molecule has 1 aliphatic heterocycles. The number of hydrogen-bond acceptors (Lipinski definition) is 5. The fraction of sp³-hybridized carbons (Fsp3) is 0.167. The second-order valence-electron chi connectivity index (χ2n) is 6.54. The second-order valence-corrected chi connectivity index (χ2v) is 8.45. The van der Waals surface area contributed by atoms with Crippen LogP contribution in [0, 0.1) is 0 Å². The van der Waals surface area contributed by atoms with Gasteiger partial charge in [0.15, 0.2) is 5.65 Å². The van der Waals surface area contributed by atoms with Crippen molar-refractivity contribution in [2.45, 2.75) is 6.42 Å². The maximum atomic E-state index is 12.1. The molecule has 1 N–H and O–H groups in total. The van der Waals surface area contributed by atoms with Gasteiger partial charge < -0.3 is 0 Å². The molecule has 0 spiro atoms. The van der Waals surface area contributed by atoms with Crippen LogP contribution in [0.2, 0.25) is 0 Å². The third kappa shape index (κ3) is 2.58. The Kier molecular flexibility index (Phi) is 3.35. The molecule has 0 radical (unpaired) electrons. The summed E-state index contributed by atoms with van der Waals surface area (Å²) in [7, 11) is -3.30. The van der Waals surface area contributed by atoms with E-state index in [0.29, 0.717) is 12.2 Å². The van der Waals surface area contributed by atoms with Gasteiger partial charge in [-0.25, -0.2) is 18.4 Å². The molecule has 5 rings (SSSR count). The molecule has 0 aliphatic carbocycles. The number of fused-ring (bicyclic) bond motifs is 2. The van der Waals surface area contributed by atoms with E-state index in [1.165, 1.54) is 10.6 Å². The summed E-state index contributed by atoms with van der Waals surface area (Å²) >= 11 is 0. The third-order valence-electron chi connectivity index (χ3n) is 4.79. The van der Waals surface area contributed by atoms with Gasteiger partial charge in [-0.3, -0.25) is 14.0 Å². The minimum absolute atomic E-state index is 0.477. The Labute approximate surface area is 155 Å². The normalized spacial score (nSPS) is 14.0. The third-order valence-corrected chi connectivity index (χ3v) is 5.97. The van der Waals surface area contributed by atoms with Gasteiger partial charge >= 0.3 is 0 Å². The molecule has 9 heteroatoms. The molecule has 0 atom stereocenters. The number of pyridine rings is 1. The van der Waals surface area contributed by atoms with Crippen LogP contribution >= 0.6 is 0 Å². The number of rotatable bonds is 3. The van der Waals surface area contributed by atoms with Crippen LogP contribution < -0.4 is 4.31 Å². The molecular formula is C18H16N6O2S. The first-order valence-electron chi connectivity index (χ1n) is 8.45. The lowest BCUT2D eigenvalue weighted by atomic mass is 10.1. The summed E-state index contributed by atoms with van der Waals surface area (Å²) in [6.45, 7) is 0.477. The maximum Gasteiger partial charge on any atom is 0.232 e. The van der Waals surface area contributed by atoms with Crippen molar-refractivity contribution in [3.8, 4) is 16.9 Å². The molecule has 4 heterocycles. The van der Waals surface area contributed by atoms with Crippen LogP contribution in [0.5, 0.6) is 0 Å². The average Bonchev–Trinajstić information content (AvgIpc) is 3.38. The number of aromatic nitrogens is 5. The first kappa shape index (κ1) is 16.0. The van der Waals surface area contributed by atoms with Gasteiger partial charge in [-0.05, 0) is 36.2 Å². The molecule has 136 valence electrons. The lowest BCUT2D eigenvalue weighted by Gasteiger charge is -2.17. The van der Waals surface area contributed by atoms with E-state index in [1.54, 1.807) is 18.7 Å². The average molecular weight is 380 g/mol. The van der Waals surface area contributed by atoms with Gasteiger partial charge in [-0.2, -0.15) is 5.10 Å². The molecule has 0 fully saturated rings. The summed E-state index contributed by atoms with van der Waals surface area (Å²) in [4.78, 5) is 9.15.